The van der Waals surface area contributed by atoms with Crippen LogP contribution in [-0.4, -0.2) is 136 Å². The lowest BCUT2D eigenvalue weighted by Gasteiger charge is -2.63. The third kappa shape index (κ3) is 7.60. The summed E-state index contributed by atoms with van der Waals surface area (Å²) in [5.41, 5.74) is -0.805. The lowest BCUT2D eigenvalue weighted by atomic mass is 9.43. The smallest absolute Gasteiger partial charge is 0.331 e. The van der Waals surface area contributed by atoms with Crippen molar-refractivity contribution in [2.24, 2.45) is 34.5 Å². The third-order valence-corrected chi connectivity index (χ3v) is 16.1. The van der Waals surface area contributed by atoms with Crippen molar-refractivity contribution in [1.29, 1.82) is 0 Å². The maximum Gasteiger partial charge on any atom is 0.331 e. The quantitative estimate of drug-likeness (QED) is 0.176. The van der Waals surface area contributed by atoms with Crippen molar-refractivity contribution in [3.05, 3.63) is 11.6 Å². The van der Waals surface area contributed by atoms with Gasteiger partial charge in [-0.1, -0.05) is 13.8 Å². The Hall–Kier alpha value is -1.76. The second kappa shape index (κ2) is 16.2. The molecule has 4 aliphatic heterocycles. The molecule has 8 rings (SSSR count). The predicted octanol–water partition coefficient (Wildman–Crippen LogP) is 2.79. The highest BCUT2D eigenvalue weighted by Crippen LogP contribution is 2.70. The Labute approximate surface area is 341 Å². The van der Waals surface area contributed by atoms with E-state index >= 15 is 0 Å². The minimum absolute atomic E-state index is 0.00291. The second-order valence-corrected chi connectivity index (χ2v) is 19.5. The summed E-state index contributed by atoms with van der Waals surface area (Å²) in [6.07, 6.45) is -1.36. The van der Waals surface area contributed by atoms with Crippen LogP contribution in [0.1, 0.15) is 112 Å². The number of ether oxygens (including phenoxy) is 8. The molecule has 0 aromatic rings. The number of hydrogen-bond acceptors (Lipinski definition) is 15. The van der Waals surface area contributed by atoms with E-state index in [4.69, 9.17) is 37.9 Å². The van der Waals surface area contributed by atoms with Crippen LogP contribution in [0.4, 0.5) is 0 Å². The molecule has 21 atom stereocenters. The fourth-order valence-electron chi connectivity index (χ4n) is 13.2. The Balaban J connectivity index is 0.848. The van der Waals surface area contributed by atoms with Crippen LogP contribution in [0.25, 0.3) is 0 Å². The van der Waals surface area contributed by atoms with Crippen molar-refractivity contribution in [2.45, 2.75) is 204 Å². The monoisotopic (exact) mass is 822 g/mol. The topological polar surface area (TPSA) is 209 Å². The van der Waals surface area contributed by atoms with Gasteiger partial charge in [0.25, 0.3) is 0 Å². The van der Waals surface area contributed by atoms with Gasteiger partial charge in [-0.25, -0.2) is 4.79 Å². The number of aliphatic hydroxyl groups is 5. The molecule has 0 amide bonds. The molecular weight excluding hydrogens is 756 g/mol. The number of aliphatic hydroxyl groups excluding tert-OH is 4. The number of hydrogen-bond donors (Lipinski definition) is 5. The first-order valence-corrected chi connectivity index (χ1v) is 21.8. The highest BCUT2D eigenvalue weighted by molar-refractivity contribution is 5.85. The Morgan fingerprint density at radius 3 is 1.93 bits per heavy atom. The molecule has 15 heteroatoms. The van der Waals surface area contributed by atoms with Crippen LogP contribution < -0.4 is 0 Å². The van der Waals surface area contributed by atoms with Gasteiger partial charge in [-0.15, -0.1) is 0 Å². The molecule has 15 nitrogen and oxygen atoms in total. The number of carbonyl (C=O) groups is 2. The van der Waals surface area contributed by atoms with Crippen LogP contribution in [0.5, 0.6) is 0 Å². The molecule has 0 aromatic heterocycles. The molecule has 8 aliphatic rings. The molecule has 0 bridgehead atoms. The van der Waals surface area contributed by atoms with Crippen LogP contribution in [-0.2, 0) is 47.5 Å². The van der Waals surface area contributed by atoms with E-state index in [1.807, 2.05) is 6.92 Å². The zero-order chi connectivity index (χ0) is 41.5. The summed E-state index contributed by atoms with van der Waals surface area (Å²) in [6.45, 7) is 11.3. The average molecular weight is 823 g/mol. The molecular formula is C43H66O15. The highest BCUT2D eigenvalue weighted by atomic mass is 16.7. The summed E-state index contributed by atoms with van der Waals surface area (Å²) in [7, 11) is 0. The number of carbonyl (C=O) groups excluding carboxylic acids is 2. The number of cyclic esters (lactones) is 1. The van der Waals surface area contributed by atoms with E-state index in [1.54, 1.807) is 13.8 Å². The Morgan fingerprint density at radius 2 is 1.36 bits per heavy atom. The van der Waals surface area contributed by atoms with E-state index in [0.717, 1.165) is 50.5 Å². The van der Waals surface area contributed by atoms with Crippen LogP contribution in [0.15, 0.2) is 11.6 Å². The van der Waals surface area contributed by atoms with Gasteiger partial charge in [0.2, 0.25) is 0 Å². The molecule has 0 spiro atoms. The molecule has 0 unspecified atom stereocenters. The summed E-state index contributed by atoms with van der Waals surface area (Å²) in [5.74, 6) is -0.330. The predicted molar refractivity (Wildman–Crippen MR) is 202 cm³/mol. The average Bonchev–Trinajstić information content (AvgIpc) is 3.66. The first-order chi connectivity index (χ1) is 27.4. The van der Waals surface area contributed by atoms with Crippen LogP contribution in [0.3, 0.4) is 0 Å². The lowest BCUT2D eigenvalue weighted by molar-refractivity contribution is -0.336. The van der Waals surface area contributed by atoms with Gasteiger partial charge in [-0.3, -0.25) is 4.79 Å². The minimum atomic E-state index is -1.05. The number of esters is 2. The van der Waals surface area contributed by atoms with Crippen molar-refractivity contribution in [1.82, 2.24) is 0 Å². The van der Waals surface area contributed by atoms with Crippen molar-refractivity contribution >= 4 is 11.9 Å². The SMILES string of the molecule is CC(=O)O[C@@H]1C[C@]2(O)[C@@H]3CC[C@@H]4C[C@H](O[C@H]5C[C@H](O)[C@H](O[C@@H]6C[C@H](O)[C@H](O[C@@H]7C[C@H](O)[C@H](O)[C@@H](C)O7)[C@@H](C)O6)[C@@H](C)O5)CC[C@]4(C)[C@@H]3CC[C@]2(C)[C@@H]1C1=CC(=O)OC1. The van der Waals surface area contributed by atoms with E-state index in [2.05, 4.69) is 13.8 Å². The van der Waals surface area contributed by atoms with Gasteiger partial charge in [-0.05, 0) is 94.5 Å². The molecule has 4 saturated carbocycles. The van der Waals surface area contributed by atoms with E-state index in [0.29, 0.717) is 18.3 Å². The van der Waals surface area contributed by atoms with Crippen LogP contribution in [0.2, 0.25) is 0 Å². The number of fused-ring (bicyclic) bond motifs is 5. The van der Waals surface area contributed by atoms with Gasteiger partial charge < -0.3 is 63.4 Å². The summed E-state index contributed by atoms with van der Waals surface area (Å²) >= 11 is 0. The molecule has 7 fully saturated rings. The van der Waals surface area contributed by atoms with E-state index < -0.39 is 90.9 Å². The Bertz CT molecular complexity index is 1520. The lowest BCUT2D eigenvalue weighted by Crippen LogP contribution is -2.62. The molecule has 4 heterocycles. The summed E-state index contributed by atoms with van der Waals surface area (Å²) in [5, 5.41) is 55.4. The third-order valence-electron chi connectivity index (χ3n) is 16.1. The zero-order valence-electron chi connectivity index (χ0n) is 34.8. The molecule has 0 aromatic carbocycles. The van der Waals surface area contributed by atoms with E-state index in [1.165, 1.54) is 13.0 Å². The molecule has 0 radical (unpaired) electrons. The standard InChI is InChI=1S/C43H66O15/c1-20-38(49)29(45)15-35(52-20)57-40-22(3)54-36(17-31(40)47)58-39-21(2)53-34(16-30(39)46)56-26-9-11-41(5)25(14-26)7-8-28-27(41)10-12-42(6)37(24-13-33(48)51-19-24)32(55-23(4)44)18-43(28,42)50/h13,20-22,25-32,34-40,45-47,49-50H,7-12,14-19H2,1-6H3/t20-,21-,22-,25-,26-,27-,28-,29+,30+,31+,32-,34+,35-,36-,37-,38-,39-,40-,41+,42-,43+/m1/s1. The van der Waals surface area contributed by atoms with Gasteiger partial charge in [0.05, 0.1) is 48.3 Å². The van der Waals surface area contributed by atoms with Crippen molar-refractivity contribution in [3.8, 4) is 0 Å². The maximum absolute atomic E-state index is 12.8. The molecule has 3 saturated heterocycles. The van der Waals surface area contributed by atoms with Gasteiger partial charge >= 0.3 is 11.9 Å². The number of rotatable bonds is 8. The highest BCUT2D eigenvalue weighted by Gasteiger charge is 2.71. The van der Waals surface area contributed by atoms with Crippen molar-refractivity contribution in [3.63, 3.8) is 0 Å². The van der Waals surface area contributed by atoms with Crippen molar-refractivity contribution in [2.75, 3.05) is 6.61 Å². The van der Waals surface area contributed by atoms with Crippen LogP contribution >= 0.6 is 0 Å². The summed E-state index contributed by atoms with van der Waals surface area (Å²) in [4.78, 5) is 24.4. The second-order valence-electron chi connectivity index (χ2n) is 19.5. The molecule has 58 heavy (non-hydrogen) atoms. The molecule has 4 aliphatic carbocycles. The van der Waals surface area contributed by atoms with Crippen molar-refractivity contribution < 1.29 is 73.0 Å². The van der Waals surface area contributed by atoms with Gasteiger partial charge in [0.15, 0.2) is 18.9 Å². The minimum Gasteiger partial charge on any atom is -0.462 e. The fourth-order valence-corrected chi connectivity index (χ4v) is 13.2. The van der Waals surface area contributed by atoms with Gasteiger partial charge in [0, 0.05) is 50.0 Å². The summed E-state index contributed by atoms with van der Waals surface area (Å²) < 4.78 is 48.1. The summed E-state index contributed by atoms with van der Waals surface area (Å²) in [6, 6.07) is 0. The first-order valence-electron chi connectivity index (χ1n) is 21.8. The van der Waals surface area contributed by atoms with Gasteiger partial charge in [0.1, 0.15) is 31.0 Å². The largest absolute Gasteiger partial charge is 0.462 e. The first kappa shape index (κ1) is 42.9. The van der Waals surface area contributed by atoms with E-state index in [9.17, 15) is 35.1 Å². The van der Waals surface area contributed by atoms with Crippen LogP contribution in [0, 0.1) is 34.5 Å². The maximum atomic E-state index is 12.8. The molecule has 328 valence electrons. The normalized spacial score (nSPS) is 53.2. The van der Waals surface area contributed by atoms with E-state index in [-0.39, 0.29) is 61.2 Å². The Kier molecular flexibility index (Phi) is 12.0. The molecule has 5 N–H and O–H groups in total. The Morgan fingerprint density at radius 1 is 0.759 bits per heavy atom. The zero-order valence-corrected chi connectivity index (χ0v) is 34.8. The van der Waals surface area contributed by atoms with Gasteiger partial charge in [-0.2, -0.15) is 0 Å². The fraction of sp³-hybridized carbons (Fsp3) is 0.907.